The fraction of sp³-hybridized carbons (Fsp3) is 0.692. The summed E-state index contributed by atoms with van der Waals surface area (Å²) >= 11 is 0. The third kappa shape index (κ3) is 5.06. The number of hydrogen-bond donors (Lipinski definition) is 0. The van der Waals surface area contributed by atoms with Crippen molar-refractivity contribution in [1.29, 1.82) is 0 Å². The van der Waals surface area contributed by atoms with E-state index in [0.717, 1.165) is 47.3 Å². The molecule has 4 saturated carbocycles. The molecule has 4 aliphatic carbocycles. The summed E-state index contributed by atoms with van der Waals surface area (Å²) in [6.45, 7) is 14.7. The second kappa shape index (κ2) is 11.0. The molecule has 39 heavy (non-hydrogen) atoms. The molecule has 2 aromatic rings. The van der Waals surface area contributed by atoms with Gasteiger partial charge in [-0.3, -0.25) is 0 Å². The van der Waals surface area contributed by atoms with Crippen LogP contribution in [0.1, 0.15) is 152 Å². The van der Waals surface area contributed by atoms with E-state index < -0.39 is 0 Å². The van der Waals surface area contributed by atoms with Crippen LogP contribution in [0.3, 0.4) is 0 Å². The average molecular weight is 525 g/mol. The topological polar surface area (TPSA) is 0 Å². The van der Waals surface area contributed by atoms with Crippen LogP contribution in [0.4, 0.5) is 0 Å². The van der Waals surface area contributed by atoms with E-state index in [1.165, 1.54) is 75.3 Å². The Labute approximate surface area is 240 Å². The van der Waals surface area contributed by atoms with Crippen LogP contribution in [0, 0.1) is 40.9 Å². The molecule has 0 nitrogen and oxygen atoms in total. The van der Waals surface area contributed by atoms with Gasteiger partial charge in [-0.2, -0.15) is 0 Å². The molecule has 4 fully saturated rings. The molecular weight excluding hydrogens is 468 g/mol. The van der Waals surface area contributed by atoms with Gasteiger partial charge in [-0.05, 0) is 138 Å². The first-order chi connectivity index (χ1) is 18.8. The lowest BCUT2D eigenvalue weighted by Gasteiger charge is -2.48. The van der Waals surface area contributed by atoms with Crippen molar-refractivity contribution < 1.29 is 0 Å². The van der Waals surface area contributed by atoms with Crippen LogP contribution in [0.2, 0.25) is 0 Å². The Bertz CT molecular complexity index is 998. The van der Waals surface area contributed by atoms with Crippen molar-refractivity contribution in [2.75, 3.05) is 0 Å². The molecule has 0 N–H and O–H groups in total. The quantitative estimate of drug-likeness (QED) is 0.352. The lowest BCUT2D eigenvalue weighted by atomic mass is 9.57. The molecule has 8 atom stereocenters. The fourth-order valence-electron chi connectivity index (χ4n) is 10.8. The Morgan fingerprint density at radius 3 is 1.23 bits per heavy atom. The van der Waals surface area contributed by atoms with Gasteiger partial charge >= 0.3 is 0 Å². The summed E-state index contributed by atoms with van der Waals surface area (Å²) in [4.78, 5) is 0. The van der Waals surface area contributed by atoms with E-state index in [4.69, 9.17) is 0 Å². The van der Waals surface area contributed by atoms with E-state index in [1.54, 1.807) is 11.1 Å². The highest BCUT2D eigenvalue weighted by molar-refractivity contribution is 5.30. The highest BCUT2D eigenvalue weighted by atomic mass is 14.6. The van der Waals surface area contributed by atoms with Crippen LogP contribution in [0.25, 0.3) is 0 Å². The molecule has 0 aromatic heterocycles. The Kier molecular flexibility index (Phi) is 7.80. The van der Waals surface area contributed by atoms with Crippen molar-refractivity contribution in [3.05, 3.63) is 70.8 Å². The standard InChI is InChI=1S/C39H56/c1-25(2)27-13-17-29(18-14-27)31-9-7-11-35-33(31)21-23-37(35)39(5,6)38-24-22-34-32(10-8-12-36(34)38)30-19-15-28(16-20-30)26(3)4/h13-20,25-26,31-38H,7-12,21-24H2,1-6H3. The average Bonchev–Trinajstić information content (AvgIpc) is 3.59. The molecule has 0 saturated heterocycles. The van der Waals surface area contributed by atoms with E-state index in [0.29, 0.717) is 17.3 Å². The summed E-state index contributed by atoms with van der Waals surface area (Å²) in [6.07, 6.45) is 14.6. The van der Waals surface area contributed by atoms with Crippen LogP contribution in [-0.2, 0) is 0 Å². The molecule has 8 unspecified atom stereocenters. The molecule has 0 bridgehead atoms. The summed E-state index contributed by atoms with van der Waals surface area (Å²) in [7, 11) is 0. The number of rotatable bonds is 6. The zero-order chi connectivity index (χ0) is 27.3. The summed E-state index contributed by atoms with van der Waals surface area (Å²) in [5.41, 5.74) is 6.76. The minimum atomic E-state index is 0.478. The molecule has 0 spiro atoms. The minimum absolute atomic E-state index is 0.478. The van der Waals surface area contributed by atoms with Gasteiger partial charge < -0.3 is 0 Å². The van der Waals surface area contributed by atoms with Crippen molar-refractivity contribution in [3.8, 4) is 0 Å². The van der Waals surface area contributed by atoms with E-state index in [2.05, 4.69) is 90.1 Å². The molecule has 4 aliphatic rings. The smallest absolute Gasteiger partial charge is 0.0131 e. The molecule has 0 amide bonds. The van der Waals surface area contributed by atoms with E-state index >= 15 is 0 Å². The van der Waals surface area contributed by atoms with Crippen LogP contribution in [0.15, 0.2) is 48.5 Å². The van der Waals surface area contributed by atoms with Crippen molar-refractivity contribution in [1.82, 2.24) is 0 Å². The maximum atomic E-state index is 2.73. The van der Waals surface area contributed by atoms with Gasteiger partial charge in [0.05, 0.1) is 0 Å². The highest BCUT2D eigenvalue weighted by Gasteiger charge is 2.55. The zero-order valence-corrected chi connectivity index (χ0v) is 26.0. The Balaban J connectivity index is 1.18. The predicted molar refractivity (Wildman–Crippen MR) is 167 cm³/mol. The molecular formula is C39H56. The maximum Gasteiger partial charge on any atom is -0.0131 e. The normalized spacial score (nSPS) is 34.9. The molecule has 6 rings (SSSR count). The third-order valence-electron chi connectivity index (χ3n) is 12.9. The lowest BCUT2D eigenvalue weighted by Crippen LogP contribution is -2.41. The summed E-state index contributed by atoms with van der Waals surface area (Å²) in [5.74, 6) is 8.45. The second-order valence-corrected chi connectivity index (χ2v) is 15.6. The molecule has 0 heteroatoms. The first kappa shape index (κ1) is 27.6. The van der Waals surface area contributed by atoms with Gasteiger partial charge in [0.1, 0.15) is 0 Å². The lowest BCUT2D eigenvalue weighted by molar-refractivity contribution is 0.0205. The molecule has 212 valence electrons. The van der Waals surface area contributed by atoms with Gasteiger partial charge in [-0.15, -0.1) is 0 Å². The second-order valence-electron chi connectivity index (χ2n) is 15.6. The Morgan fingerprint density at radius 2 is 0.872 bits per heavy atom. The summed E-state index contributed by atoms with van der Waals surface area (Å²) in [5, 5.41) is 0. The van der Waals surface area contributed by atoms with Crippen LogP contribution >= 0.6 is 0 Å². The van der Waals surface area contributed by atoms with Crippen LogP contribution in [0.5, 0.6) is 0 Å². The Hall–Kier alpha value is -1.56. The predicted octanol–water partition coefficient (Wildman–Crippen LogP) is 11.5. The summed E-state index contributed by atoms with van der Waals surface area (Å²) in [6, 6.07) is 19.7. The van der Waals surface area contributed by atoms with Gasteiger partial charge in [-0.1, -0.05) is 103 Å². The molecule has 0 radical (unpaired) electrons. The monoisotopic (exact) mass is 524 g/mol. The van der Waals surface area contributed by atoms with Crippen molar-refractivity contribution in [3.63, 3.8) is 0 Å². The first-order valence-electron chi connectivity index (χ1n) is 17.0. The van der Waals surface area contributed by atoms with Crippen LogP contribution in [-0.4, -0.2) is 0 Å². The highest BCUT2D eigenvalue weighted by Crippen LogP contribution is 2.64. The number of benzene rings is 2. The number of fused-ring (bicyclic) bond motifs is 2. The van der Waals surface area contributed by atoms with Crippen molar-refractivity contribution >= 4 is 0 Å². The van der Waals surface area contributed by atoms with Gasteiger partial charge in [0.15, 0.2) is 0 Å². The summed E-state index contributed by atoms with van der Waals surface area (Å²) < 4.78 is 0. The molecule has 0 heterocycles. The van der Waals surface area contributed by atoms with E-state index in [9.17, 15) is 0 Å². The third-order valence-corrected chi connectivity index (χ3v) is 12.9. The van der Waals surface area contributed by atoms with Gasteiger partial charge in [0.25, 0.3) is 0 Å². The largest absolute Gasteiger partial charge is 0.0594 e. The van der Waals surface area contributed by atoms with Crippen molar-refractivity contribution in [2.24, 2.45) is 40.9 Å². The zero-order valence-electron chi connectivity index (χ0n) is 26.0. The van der Waals surface area contributed by atoms with Gasteiger partial charge in [0, 0.05) is 0 Å². The number of hydrogen-bond acceptors (Lipinski definition) is 0. The van der Waals surface area contributed by atoms with E-state index in [-0.39, 0.29) is 0 Å². The molecule has 2 aromatic carbocycles. The van der Waals surface area contributed by atoms with E-state index in [1.807, 2.05) is 0 Å². The minimum Gasteiger partial charge on any atom is -0.0594 e. The van der Waals surface area contributed by atoms with Crippen molar-refractivity contribution in [2.45, 2.75) is 129 Å². The Morgan fingerprint density at radius 1 is 0.487 bits per heavy atom. The SMILES string of the molecule is CC(C)c1ccc(C2CCCC3C2CCC3C(C)(C)C2CCC3C(c4ccc(C(C)C)cc4)CCCC32)cc1. The van der Waals surface area contributed by atoms with Crippen LogP contribution < -0.4 is 0 Å². The maximum absolute atomic E-state index is 2.73. The van der Waals surface area contributed by atoms with Gasteiger partial charge in [0.2, 0.25) is 0 Å². The van der Waals surface area contributed by atoms with Gasteiger partial charge in [-0.25, -0.2) is 0 Å². The fourth-order valence-corrected chi connectivity index (χ4v) is 10.8. The molecule has 0 aliphatic heterocycles. The first-order valence-corrected chi connectivity index (χ1v) is 17.0.